The zero-order chi connectivity index (χ0) is 21.7. The number of hydrogen-bond acceptors (Lipinski definition) is 6. The van der Waals surface area contributed by atoms with Crippen LogP contribution in [0.5, 0.6) is 5.75 Å². The fourth-order valence-corrected chi connectivity index (χ4v) is 5.23. The Labute approximate surface area is 175 Å². The van der Waals surface area contributed by atoms with Crippen LogP contribution in [-0.2, 0) is 13.6 Å². The number of aromatic nitrogens is 1. The minimum Gasteiger partial charge on any atom is -0.497 e. The molecule has 0 aliphatic carbocycles. The van der Waals surface area contributed by atoms with Gasteiger partial charge in [-0.2, -0.15) is 0 Å². The zero-order valence-electron chi connectivity index (χ0n) is 17.6. The van der Waals surface area contributed by atoms with E-state index in [-0.39, 0.29) is 24.3 Å². The van der Waals surface area contributed by atoms with E-state index < -0.39 is 13.4 Å². The zero-order valence-corrected chi connectivity index (χ0v) is 18.5. The van der Waals surface area contributed by atoms with Crippen LogP contribution in [0.2, 0.25) is 0 Å². The van der Waals surface area contributed by atoms with Crippen LogP contribution in [0.25, 0.3) is 10.9 Å². The van der Waals surface area contributed by atoms with Crippen molar-refractivity contribution in [3.63, 3.8) is 0 Å². The molecule has 30 heavy (non-hydrogen) atoms. The van der Waals surface area contributed by atoms with E-state index in [1.165, 1.54) is 0 Å². The van der Waals surface area contributed by atoms with Crippen molar-refractivity contribution in [1.82, 2.24) is 4.98 Å². The second-order valence-corrected chi connectivity index (χ2v) is 8.91. The molecule has 2 N–H and O–H groups in total. The van der Waals surface area contributed by atoms with E-state index in [0.29, 0.717) is 17.0 Å². The summed E-state index contributed by atoms with van der Waals surface area (Å²) in [6.07, 6.45) is 0. The second-order valence-electron chi connectivity index (χ2n) is 6.80. The third kappa shape index (κ3) is 4.75. The Bertz CT molecular complexity index is 1120. The Morgan fingerprint density at radius 1 is 1.07 bits per heavy atom. The van der Waals surface area contributed by atoms with E-state index >= 15 is 0 Å². The summed E-state index contributed by atoms with van der Waals surface area (Å²) < 4.78 is 30.2. The van der Waals surface area contributed by atoms with Gasteiger partial charge in [0.2, 0.25) is 0 Å². The monoisotopic (exact) mass is 430 g/mol. The Morgan fingerprint density at radius 2 is 1.80 bits per heavy atom. The van der Waals surface area contributed by atoms with E-state index in [0.717, 1.165) is 10.9 Å². The highest BCUT2D eigenvalue weighted by molar-refractivity contribution is 7.54. The first-order valence-electron chi connectivity index (χ1n) is 9.83. The highest BCUT2D eigenvalue weighted by Gasteiger charge is 2.39. The van der Waals surface area contributed by atoms with Crippen molar-refractivity contribution in [2.75, 3.05) is 25.6 Å². The summed E-state index contributed by atoms with van der Waals surface area (Å²) >= 11 is 0. The predicted molar refractivity (Wildman–Crippen MR) is 120 cm³/mol. The number of anilines is 1. The summed E-state index contributed by atoms with van der Waals surface area (Å²) in [5, 5.41) is 3.97. The maximum Gasteiger partial charge on any atom is 0.357 e. The van der Waals surface area contributed by atoms with Crippen molar-refractivity contribution in [3.8, 4) is 5.75 Å². The van der Waals surface area contributed by atoms with E-state index in [2.05, 4.69) is 10.3 Å². The summed E-state index contributed by atoms with van der Waals surface area (Å²) in [6, 6.07) is 14.7. The smallest absolute Gasteiger partial charge is 0.357 e. The maximum atomic E-state index is 13.7. The van der Waals surface area contributed by atoms with E-state index in [9.17, 15) is 9.36 Å². The molecule has 1 heterocycles. The van der Waals surface area contributed by atoms with E-state index in [1.54, 1.807) is 39.2 Å². The molecule has 8 heteroatoms. The first kappa shape index (κ1) is 22.1. The van der Waals surface area contributed by atoms with Gasteiger partial charge in [0, 0.05) is 16.6 Å². The molecule has 0 spiro atoms. The van der Waals surface area contributed by atoms with Crippen molar-refractivity contribution in [1.29, 1.82) is 0 Å². The largest absolute Gasteiger partial charge is 0.497 e. The van der Waals surface area contributed by atoms with E-state index in [4.69, 9.17) is 13.8 Å². The number of ether oxygens (including phenoxy) is 1. The van der Waals surface area contributed by atoms with Crippen LogP contribution in [0, 0.1) is 6.92 Å². The third-order valence-electron chi connectivity index (χ3n) is 4.63. The molecule has 160 valence electrons. The van der Waals surface area contributed by atoms with Gasteiger partial charge >= 0.3 is 7.60 Å². The lowest BCUT2D eigenvalue weighted by atomic mass is 10.1. The van der Waals surface area contributed by atoms with Gasteiger partial charge in [0.15, 0.2) is 5.78 Å². The number of H-pyrrole nitrogens is 1. The molecule has 0 aliphatic heterocycles. The third-order valence-corrected chi connectivity index (χ3v) is 6.91. The lowest BCUT2D eigenvalue weighted by molar-refractivity contribution is 0.214. The van der Waals surface area contributed by atoms with Crippen molar-refractivity contribution in [2.45, 2.75) is 26.6 Å². The standard InChI is InChI=1S/C22H27N2O5P/c1-5-28-30(26,29-6-2)22(23-17-9-7-8-15(3)12-17)19-14-16-13-18(27-4)10-11-20(16)24-21(19)25/h7-14,22-23H,5-6H2,1-4H3,(H,24,25). The Morgan fingerprint density at radius 3 is 2.43 bits per heavy atom. The minimum absolute atomic E-state index is 0.183. The molecule has 7 nitrogen and oxygen atoms in total. The summed E-state index contributed by atoms with van der Waals surface area (Å²) in [7, 11) is -2.14. The van der Waals surface area contributed by atoms with Crippen LogP contribution in [-0.4, -0.2) is 25.3 Å². The molecule has 1 atom stereocenters. The molecule has 0 radical (unpaired) electrons. The van der Waals surface area contributed by atoms with Crippen molar-refractivity contribution in [2.24, 2.45) is 0 Å². The Balaban J connectivity index is 2.18. The number of nitrogens with one attached hydrogen (secondary N) is 2. The van der Waals surface area contributed by atoms with Gasteiger partial charge in [-0.1, -0.05) is 12.1 Å². The van der Waals surface area contributed by atoms with Crippen molar-refractivity contribution < 1.29 is 18.3 Å². The van der Waals surface area contributed by atoms with Crippen LogP contribution in [0.1, 0.15) is 30.8 Å². The fraction of sp³-hybridized carbons (Fsp3) is 0.318. The van der Waals surface area contributed by atoms with Crippen LogP contribution in [0.3, 0.4) is 0 Å². The van der Waals surface area contributed by atoms with Gasteiger partial charge in [0.1, 0.15) is 5.75 Å². The number of aromatic amines is 1. The SMILES string of the molecule is CCOP(=O)(OCC)C(Nc1cccc(C)c1)c1cc2cc(OC)ccc2[nH]c1=O. The van der Waals surface area contributed by atoms with Crippen LogP contribution >= 0.6 is 7.60 Å². The highest BCUT2D eigenvalue weighted by atomic mass is 31.2. The highest BCUT2D eigenvalue weighted by Crippen LogP contribution is 2.60. The second kappa shape index (κ2) is 9.47. The van der Waals surface area contributed by atoms with Crippen LogP contribution in [0.4, 0.5) is 5.69 Å². The molecular formula is C22H27N2O5P. The lowest BCUT2D eigenvalue weighted by Gasteiger charge is -2.28. The number of hydrogen-bond donors (Lipinski definition) is 2. The molecule has 0 saturated carbocycles. The topological polar surface area (TPSA) is 89.7 Å². The number of benzene rings is 2. The number of methoxy groups -OCH3 is 1. The molecule has 3 aromatic rings. The van der Waals surface area contributed by atoms with Gasteiger partial charge in [0.05, 0.1) is 25.9 Å². The molecular weight excluding hydrogens is 403 g/mol. The predicted octanol–water partition coefficient (Wildman–Crippen LogP) is 5.22. The van der Waals surface area contributed by atoms with Gasteiger partial charge in [-0.15, -0.1) is 0 Å². The van der Waals surface area contributed by atoms with E-state index in [1.807, 2.05) is 37.3 Å². The van der Waals surface area contributed by atoms with Gasteiger partial charge in [-0.3, -0.25) is 9.36 Å². The number of pyridine rings is 1. The van der Waals surface area contributed by atoms with Gasteiger partial charge < -0.3 is 24.1 Å². The lowest BCUT2D eigenvalue weighted by Crippen LogP contribution is -2.23. The molecule has 0 saturated heterocycles. The average molecular weight is 430 g/mol. The summed E-state index contributed by atoms with van der Waals surface area (Å²) in [4.78, 5) is 15.8. The number of rotatable bonds is 9. The quantitative estimate of drug-likeness (QED) is 0.452. The first-order chi connectivity index (χ1) is 14.4. The maximum absolute atomic E-state index is 13.7. The molecule has 0 aliphatic rings. The van der Waals surface area contributed by atoms with Crippen LogP contribution < -0.4 is 15.6 Å². The summed E-state index contributed by atoms with van der Waals surface area (Å²) in [5.74, 6) is -0.333. The molecule has 2 aromatic carbocycles. The van der Waals surface area contributed by atoms with Crippen molar-refractivity contribution >= 4 is 24.2 Å². The molecule has 3 rings (SSSR count). The normalized spacial score (nSPS) is 12.7. The minimum atomic E-state index is -3.72. The summed E-state index contributed by atoms with van der Waals surface area (Å²) in [5.41, 5.74) is 2.30. The molecule has 0 fully saturated rings. The van der Waals surface area contributed by atoms with Gasteiger partial charge in [-0.25, -0.2) is 0 Å². The Kier molecular flexibility index (Phi) is 6.98. The summed E-state index contributed by atoms with van der Waals surface area (Å²) in [6.45, 7) is 5.81. The molecule has 1 aromatic heterocycles. The van der Waals surface area contributed by atoms with Gasteiger partial charge in [-0.05, 0) is 62.7 Å². The number of fused-ring (bicyclic) bond motifs is 1. The molecule has 0 bridgehead atoms. The molecule has 1 unspecified atom stereocenters. The van der Waals surface area contributed by atoms with Crippen LogP contribution in [0.15, 0.2) is 53.3 Å². The fourth-order valence-electron chi connectivity index (χ4n) is 3.30. The average Bonchev–Trinajstić information content (AvgIpc) is 2.72. The first-order valence-corrected chi connectivity index (χ1v) is 11.4. The van der Waals surface area contributed by atoms with Crippen molar-refractivity contribution in [3.05, 3.63) is 70.0 Å². The van der Waals surface area contributed by atoms with Gasteiger partial charge in [0.25, 0.3) is 5.56 Å². The Hall–Kier alpha value is -2.60. The number of aryl methyl sites for hydroxylation is 1. The molecule has 0 amide bonds.